The van der Waals surface area contributed by atoms with Gasteiger partial charge < -0.3 is 29.5 Å². The third-order valence-corrected chi connectivity index (χ3v) is 10.4. The van der Waals surface area contributed by atoms with Crippen LogP contribution < -0.4 is 14.5 Å². The maximum absolute atomic E-state index is 14.8. The van der Waals surface area contributed by atoms with Crippen molar-refractivity contribution in [2.24, 2.45) is 11.8 Å². The summed E-state index contributed by atoms with van der Waals surface area (Å²) in [5, 5.41) is 21.3. The Labute approximate surface area is 274 Å². The lowest BCUT2D eigenvalue weighted by atomic mass is 9.71. The van der Waals surface area contributed by atoms with E-state index in [2.05, 4.69) is 0 Å². The summed E-state index contributed by atoms with van der Waals surface area (Å²) < 4.78 is 12.4. The van der Waals surface area contributed by atoms with E-state index in [9.17, 15) is 24.6 Å². The monoisotopic (exact) mass is 639 g/mol. The highest BCUT2D eigenvalue weighted by molar-refractivity contribution is 6.08. The van der Waals surface area contributed by atoms with Gasteiger partial charge in [-0.2, -0.15) is 0 Å². The van der Waals surface area contributed by atoms with Gasteiger partial charge in [-0.3, -0.25) is 19.3 Å². The average Bonchev–Trinajstić information content (AvgIpc) is 3.71. The molecule has 5 atom stereocenters. The number of likely N-dealkylation sites (tertiary alicyclic amines) is 1. The first-order valence-electron chi connectivity index (χ1n) is 16.4. The van der Waals surface area contributed by atoms with Crippen LogP contribution in [0.15, 0.2) is 72.8 Å². The molecule has 3 aromatic rings. The lowest BCUT2D eigenvalue weighted by Gasteiger charge is -2.34. The topological polar surface area (TPSA) is 120 Å². The molecule has 2 N–H and O–H groups in total. The standard InChI is InChI=1S/C37H41N3O7/c1-23-34(36(2,3)45)31(19-32(42)38-17-9-12-26(38)21-41)47-37(23)27-13-4-5-14-28(27)39(35(37)44)20-24-10-8-11-25(18-24)40-29-15-6-7-16-30(29)46-22-33(40)43/h4-8,10-11,13-16,18,23,26,31,34,41,45H,9,12,17,19-22H2,1-3H3/t23-,26-,31+,34-,37+/m0/s1. The molecule has 4 heterocycles. The summed E-state index contributed by atoms with van der Waals surface area (Å²) in [6, 6.07) is 22.3. The first kappa shape index (κ1) is 31.4. The van der Waals surface area contributed by atoms with E-state index in [4.69, 9.17) is 9.47 Å². The van der Waals surface area contributed by atoms with Crippen LogP contribution in [0, 0.1) is 11.8 Å². The molecule has 4 aliphatic rings. The van der Waals surface area contributed by atoms with Crippen LogP contribution in [0.1, 0.15) is 51.2 Å². The van der Waals surface area contributed by atoms with E-state index in [0.717, 1.165) is 18.4 Å². The lowest BCUT2D eigenvalue weighted by molar-refractivity contribution is -0.150. The van der Waals surface area contributed by atoms with Crippen molar-refractivity contribution in [1.29, 1.82) is 0 Å². The van der Waals surface area contributed by atoms with E-state index in [1.54, 1.807) is 28.5 Å². The smallest absolute Gasteiger partial charge is 0.269 e. The molecule has 246 valence electrons. The molecule has 10 nitrogen and oxygen atoms in total. The molecule has 3 amide bonds. The largest absolute Gasteiger partial charge is 0.482 e. The molecule has 2 fully saturated rings. The van der Waals surface area contributed by atoms with Crippen molar-refractivity contribution in [2.45, 2.75) is 69.9 Å². The summed E-state index contributed by atoms with van der Waals surface area (Å²) in [5.41, 5.74) is 0.936. The maximum atomic E-state index is 14.8. The Hall–Kier alpha value is -4.25. The summed E-state index contributed by atoms with van der Waals surface area (Å²) in [6.45, 7) is 5.98. The van der Waals surface area contributed by atoms with E-state index in [1.807, 2.05) is 79.7 Å². The van der Waals surface area contributed by atoms with Crippen LogP contribution in [-0.2, 0) is 31.3 Å². The minimum atomic E-state index is -1.40. The SMILES string of the molecule is C[C@H]1[C@H](C(C)(C)O)[C@@H](CC(=O)N2CCC[C@H]2CO)O[C@]12C(=O)N(Cc1cccc(N3C(=O)COc4ccccc43)c1)c1ccccc12. The fourth-order valence-electron chi connectivity index (χ4n) is 8.39. The summed E-state index contributed by atoms with van der Waals surface area (Å²) in [4.78, 5) is 46.4. The molecule has 0 aromatic heterocycles. The van der Waals surface area contributed by atoms with Gasteiger partial charge in [0.2, 0.25) is 5.91 Å². The number of para-hydroxylation sites is 3. The second-order valence-electron chi connectivity index (χ2n) is 13.7. The van der Waals surface area contributed by atoms with Crippen molar-refractivity contribution in [1.82, 2.24) is 4.90 Å². The number of fused-ring (bicyclic) bond motifs is 3. The number of amides is 3. The van der Waals surface area contributed by atoms with E-state index >= 15 is 0 Å². The van der Waals surface area contributed by atoms with Gasteiger partial charge in [-0.1, -0.05) is 49.4 Å². The fraction of sp³-hybridized carbons (Fsp3) is 0.432. The summed E-state index contributed by atoms with van der Waals surface area (Å²) in [6.07, 6.45) is 0.859. The number of nitrogens with zero attached hydrogens (tertiary/aromatic N) is 3. The zero-order chi connectivity index (χ0) is 33.1. The number of rotatable bonds is 7. The highest BCUT2D eigenvalue weighted by Gasteiger charge is 2.66. The molecule has 3 aromatic carbocycles. The predicted octanol–water partition coefficient (Wildman–Crippen LogP) is 4.28. The van der Waals surface area contributed by atoms with Crippen molar-refractivity contribution < 1.29 is 34.1 Å². The number of carbonyl (C=O) groups excluding carboxylic acids is 3. The molecular formula is C37H41N3O7. The normalized spacial score (nSPS) is 27.0. The Morgan fingerprint density at radius 1 is 1.02 bits per heavy atom. The third-order valence-electron chi connectivity index (χ3n) is 10.4. The van der Waals surface area contributed by atoms with Crippen LogP contribution in [0.2, 0.25) is 0 Å². The zero-order valence-corrected chi connectivity index (χ0v) is 27.0. The number of aliphatic hydroxyl groups excluding tert-OH is 1. The molecule has 0 radical (unpaired) electrons. The van der Waals surface area contributed by atoms with Gasteiger partial charge >= 0.3 is 0 Å². The molecule has 4 aliphatic heterocycles. The summed E-state index contributed by atoms with van der Waals surface area (Å²) in [7, 11) is 0. The Morgan fingerprint density at radius 2 is 1.77 bits per heavy atom. The Kier molecular flexibility index (Phi) is 7.85. The van der Waals surface area contributed by atoms with E-state index in [0.29, 0.717) is 34.9 Å². The average molecular weight is 640 g/mol. The lowest BCUT2D eigenvalue weighted by Crippen LogP contribution is -2.46. The molecule has 0 unspecified atom stereocenters. The van der Waals surface area contributed by atoms with Gasteiger partial charge in [0, 0.05) is 29.6 Å². The van der Waals surface area contributed by atoms with Crippen LogP contribution in [0.25, 0.3) is 0 Å². The number of hydrogen-bond donors (Lipinski definition) is 2. The first-order chi connectivity index (χ1) is 22.5. The third kappa shape index (κ3) is 5.10. The fourth-order valence-corrected chi connectivity index (χ4v) is 8.39. The van der Waals surface area contributed by atoms with Gasteiger partial charge in [-0.25, -0.2) is 0 Å². The number of benzene rings is 3. The molecule has 1 spiro atoms. The van der Waals surface area contributed by atoms with Gasteiger partial charge in [-0.15, -0.1) is 0 Å². The van der Waals surface area contributed by atoms with Gasteiger partial charge in [0.1, 0.15) is 5.75 Å². The molecule has 2 saturated heterocycles. The highest BCUT2D eigenvalue weighted by atomic mass is 16.5. The van der Waals surface area contributed by atoms with Crippen molar-refractivity contribution in [3.8, 4) is 5.75 Å². The zero-order valence-electron chi connectivity index (χ0n) is 27.0. The Bertz CT molecular complexity index is 1720. The van der Waals surface area contributed by atoms with E-state index in [-0.39, 0.29) is 49.9 Å². The Balaban J connectivity index is 1.21. The minimum Gasteiger partial charge on any atom is -0.482 e. The van der Waals surface area contributed by atoms with Gasteiger partial charge in [0.15, 0.2) is 12.2 Å². The molecule has 10 heteroatoms. The number of aliphatic hydroxyl groups is 2. The van der Waals surface area contributed by atoms with Crippen LogP contribution in [0.3, 0.4) is 0 Å². The van der Waals surface area contributed by atoms with Crippen molar-refractivity contribution in [3.05, 3.63) is 83.9 Å². The van der Waals surface area contributed by atoms with Crippen LogP contribution in [0.4, 0.5) is 17.1 Å². The molecule has 0 saturated carbocycles. The second-order valence-corrected chi connectivity index (χ2v) is 13.7. The van der Waals surface area contributed by atoms with Crippen molar-refractivity contribution >= 4 is 34.8 Å². The van der Waals surface area contributed by atoms with Crippen LogP contribution >= 0.6 is 0 Å². The number of hydrogen-bond acceptors (Lipinski definition) is 7. The van der Waals surface area contributed by atoms with Crippen molar-refractivity contribution in [3.63, 3.8) is 0 Å². The quantitative estimate of drug-likeness (QED) is 0.396. The van der Waals surface area contributed by atoms with Crippen LogP contribution in [0.5, 0.6) is 5.75 Å². The maximum Gasteiger partial charge on any atom is 0.269 e. The summed E-state index contributed by atoms with van der Waals surface area (Å²) >= 11 is 0. The van der Waals surface area contributed by atoms with E-state index in [1.165, 1.54) is 0 Å². The van der Waals surface area contributed by atoms with Gasteiger partial charge in [0.05, 0.1) is 48.7 Å². The predicted molar refractivity (Wildman–Crippen MR) is 175 cm³/mol. The second kappa shape index (κ2) is 11.8. The molecule has 47 heavy (non-hydrogen) atoms. The molecular weight excluding hydrogens is 598 g/mol. The van der Waals surface area contributed by atoms with Gasteiger partial charge in [-0.05, 0) is 62.6 Å². The van der Waals surface area contributed by atoms with Crippen molar-refractivity contribution in [2.75, 3.05) is 29.6 Å². The number of ether oxygens (including phenoxy) is 2. The van der Waals surface area contributed by atoms with E-state index < -0.39 is 29.1 Å². The summed E-state index contributed by atoms with van der Waals surface area (Å²) in [5.74, 6) is -0.927. The Morgan fingerprint density at radius 3 is 2.53 bits per heavy atom. The molecule has 0 bridgehead atoms. The van der Waals surface area contributed by atoms with Gasteiger partial charge in [0.25, 0.3) is 11.8 Å². The van der Waals surface area contributed by atoms with Crippen LogP contribution in [-0.4, -0.2) is 70.3 Å². The first-order valence-corrected chi connectivity index (χ1v) is 16.4. The number of carbonyl (C=O) groups is 3. The minimum absolute atomic E-state index is 0.00376. The molecule has 0 aliphatic carbocycles. The number of anilines is 3. The molecule has 7 rings (SSSR count). The highest BCUT2D eigenvalue weighted by Crippen LogP contribution is 2.58.